The van der Waals surface area contributed by atoms with Crippen LogP contribution in [0.5, 0.6) is 5.75 Å². The van der Waals surface area contributed by atoms with Crippen molar-refractivity contribution in [2.75, 3.05) is 23.4 Å². The van der Waals surface area contributed by atoms with Crippen molar-refractivity contribution in [3.8, 4) is 5.75 Å². The predicted octanol–water partition coefficient (Wildman–Crippen LogP) is 2.97. The minimum Gasteiger partial charge on any atom is -0.495 e. The van der Waals surface area contributed by atoms with Gasteiger partial charge < -0.3 is 10.1 Å². The van der Waals surface area contributed by atoms with Gasteiger partial charge in [-0.15, -0.1) is 0 Å². The maximum absolute atomic E-state index is 12.3. The first-order valence-corrected chi connectivity index (χ1v) is 8.79. The molecule has 0 heterocycles. The van der Waals surface area contributed by atoms with E-state index in [0.29, 0.717) is 11.4 Å². The number of hydrogen-bond acceptors (Lipinski definition) is 4. The molecule has 8 heteroatoms. The number of sulfonamides is 1. The Bertz CT molecular complexity index is 837. The molecular weight excluding hydrogens is 340 g/mol. The van der Waals surface area contributed by atoms with E-state index < -0.39 is 15.9 Å². The molecule has 6 nitrogen and oxygen atoms in total. The van der Waals surface area contributed by atoms with Crippen LogP contribution >= 0.6 is 11.6 Å². The van der Waals surface area contributed by atoms with Crippen LogP contribution in [0.2, 0.25) is 5.02 Å². The first-order chi connectivity index (χ1) is 10.8. The fourth-order valence-electron chi connectivity index (χ4n) is 1.89. The summed E-state index contributed by atoms with van der Waals surface area (Å²) in [7, 11) is -2.00. The van der Waals surface area contributed by atoms with Crippen LogP contribution in [0.3, 0.4) is 0 Å². The number of nitrogens with one attached hydrogen (secondary N) is 2. The molecule has 0 aliphatic carbocycles. The predicted molar refractivity (Wildman–Crippen MR) is 90.9 cm³/mol. The molecular formula is C15H15ClN2O4S. The van der Waals surface area contributed by atoms with Crippen molar-refractivity contribution >= 4 is 38.9 Å². The fourth-order valence-corrected chi connectivity index (χ4v) is 2.68. The summed E-state index contributed by atoms with van der Waals surface area (Å²) in [6, 6.07) is 11.3. The number of rotatable bonds is 5. The number of methoxy groups -OCH3 is 1. The molecule has 1 amide bonds. The molecule has 0 aliphatic heterocycles. The third-order valence-electron chi connectivity index (χ3n) is 2.88. The average molecular weight is 355 g/mol. The summed E-state index contributed by atoms with van der Waals surface area (Å²) < 4.78 is 30.1. The number of amides is 1. The smallest absolute Gasteiger partial charge is 0.255 e. The minimum atomic E-state index is -3.50. The van der Waals surface area contributed by atoms with Gasteiger partial charge in [-0.25, -0.2) is 8.42 Å². The van der Waals surface area contributed by atoms with Gasteiger partial charge in [-0.05, 0) is 30.3 Å². The molecule has 23 heavy (non-hydrogen) atoms. The van der Waals surface area contributed by atoms with Crippen molar-refractivity contribution in [3.63, 3.8) is 0 Å². The van der Waals surface area contributed by atoms with Crippen LogP contribution in [0, 0.1) is 0 Å². The Morgan fingerprint density at radius 1 is 1.13 bits per heavy atom. The third kappa shape index (κ3) is 4.61. The van der Waals surface area contributed by atoms with Crippen LogP contribution in [0.1, 0.15) is 10.4 Å². The van der Waals surface area contributed by atoms with Crippen molar-refractivity contribution in [1.29, 1.82) is 0 Å². The molecule has 0 saturated carbocycles. The minimum absolute atomic E-state index is 0.141. The van der Waals surface area contributed by atoms with Gasteiger partial charge in [0, 0.05) is 5.56 Å². The van der Waals surface area contributed by atoms with Crippen molar-refractivity contribution in [3.05, 3.63) is 53.1 Å². The number of ether oxygens (including phenoxy) is 1. The van der Waals surface area contributed by atoms with Gasteiger partial charge in [0.25, 0.3) is 5.91 Å². The SMILES string of the molecule is COc1ccccc1NC(=O)c1ccc(Cl)c(NS(C)(=O)=O)c1. The highest BCUT2D eigenvalue weighted by Gasteiger charge is 2.13. The Hall–Kier alpha value is -2.25. The largest absolute Gasteiger partial charge is 0.495 e. The number of para-hydroxylation sites is 2. The van der Waals surface area contributed by atoms with E-state index >= 15 is 0 Å². The molecule has 0 bridgehead atoms. The lowest BCUT2D eigenvalue weighted by atomic mass is 10.2. The first-order valence-electron chi connectivity index (χ1n) is 6.52. The Kier molecular flexibility index (Phi) is 5.12. The molecule has 0 fully saturated rings. The Morgan fingerprint density at radius 2 is 1.83 bits per heavy atom. The second kappa shape index (κ2) is 6.89. The summed E-state index contributed by atoms with van der Waals surface area (Å²) >= 11 is 5.94. The molecule has 2 aromatic carbocycles. The average Bonchev–Trinajstić information content (AvgIpc) is 2.48. The summed E-state index contributed by atoms with van der Waals surface area (Å²) in [6.45, 7) is 0. The third-order valence-corrected chi connectivity index (χ3v) is 3.80. The van der Waals surface area contributed by atoms with Gasteiger partial charge in [-0.2, -0.15) is 0 Å². The Labute approximate surface area is 139 Å². The van der Waals surface area contributed by atoms with Crippen LogP contribution in [0.4, 0.5) is 11.4 Å². The van der Waals surface area contributed by atoms with E-state index in [2.05, 4.69) is 10.0 Å². The lowest BCUT2D eigenvalue weighted by Gasteiger charge is -2.11. The summed E-state index contributed by atoms with van der Waals surface area (Å²) in [5, 5.41) is 2.90. The summed E-state index contributed by atoms with van der Waals surface area (Å²) in [4.78, 5) is 12.3. The van der Waals surface area contributed by atoms with E-state index in [-0.39, 0.29) is 16.3 Å². The molecule has 0 radical (unpaired) electrons. The van der Waals surface area contributed by atoms with E-state index in [0.717, 1.165) is 6.26 Å². The molecule has 0 saturated heterocycles. The quantitative estimate of drug-likeness (QED) is 0.864. The van der Waals surface area contributed by atoms with Crippen molar-refractivity contribution in [2.24, 2.45) is 0 Å². The van der Waals surface area contributed by atoms with Crippen LogP contribution in [0.25, 0.3) is 0 Å². The number of carbonyl (C=O) groups excluding carboxylic acids is 1. The van der Waals surface area contributed by atoms with E-state index in [4.69, 9.17) is 16.3 Å². The molecule has 2 rings (SSSR count). The molecule has 0 unspecified atom stereocenters. The zero-order valence-corrected chi connectivity index (χ0v) is 14.0. The van der Waals surface area contributed by atoms with E-state index in [1.54, 1.807) is 24.3 Å². The fraction of sp³-hybridized carbons (Fsp3) is 0.133. The highest BCUT2D eigenvalue weighted by Crippen LogP contribution is 2.26. The van der Waals surface area contributed by atoms with Gasteiger partial charge in [0.15, 0.2) is 0 Å². The van der Waals surface area contributed by atoms with Gasteiger partial charge in [-0.3, -0.25) is 9.52 Å². The Balaban J connectivity index is 2.28. The molecule has 0 aromatic heterocycles. The Morgan fingerprint density at radius 3 is 2.48 bits per heavy atom. The summed E-state index contributed by atoms with van der Waals surface area (Å²) in [5.74, 6) is 0.104. The van der Waals surface area contributed by atoms with Crippen LogP contribution in [0.15, 0.2) is 42.5 Å². The second-order valence-electron chi connectivity index (χ2n) is 4.72. The standard InChI is InChI=1S/C15H15ClN2O4S/c1-22-14-6-4-3-5-12(14)17-15(19)10-7-8-11(16)13(9-10)18-23(2,20)21/h3-9,18H,1-2H3,(H,17,19). The maximum Gasteiger partial charge on any atom is 0.255 e. The monoisotopic (exact) mass is 354 g/mol. The van der Waals surface area contributed by atoms with E-state index in [1.165, 1.54) is 25.3 Å². The zero-order valence-electron chi connectivity index (χ0n) is 12.5. The van der Waals surface area contributed by atoms with Crippen LogP contribution in [-0.4, -0.2) is 27.7 Å². The molecule has 0 aliphatic rings. The van der Waals surface area contributed by atoms with Crippen LogP contribution < -0.4 is 14.8 Å². The second-order valence-corrected chi connectivity index (χ2v) is 6.88. The molecule has 2 aromatic rings. The number of carbonyl (C=O) groups is 1. The van der Waals surface area contributed by atoms with Gasteiger partial charge in [0.05, 0.1) is 29.8 Å². The number of halogens is 1. The highest BCUT2D eigenvalue weighted by molar-refractivity contribution is 7.92. The van der Waals surface area contributed by atoms with Crippen molar-refractivity contribution < 1.29 is 17.9 Å². The van der Waals surface area contributed by atoms with Crippen molar-refractivity contribution in [1.82, 2.24) is 0 Å². The van der Waals surface area contributed by atoms with Gasteiger partial charge in [0.2, 0.25) is 10.0 Å². The van der Waals surface area contributed by atoms with Crippen LogP contribution in [-0.2, 0) is 10.0 Å². The maximum atomic E-state index is 12.3. The lowest BCUT2D eigenvalue weighted by Crippen LogP contribution is -2.14. The van der Waals surface area contributed by atoms with Gasteiger partial charge in [0.1, 0.15) is 5.75 Å². The van der Waals surface area contributed by atoms with Gasteiger partial charge in [-0.1, -0.05) is 23.7 Å². The first kappa shape index (κ1) is 17.1. The number of anilines is 2. The van der Waals surface area contributed by atoms with Crippen molar-refractivity contribution in [2.45, 2.75) is 0 Å². The number of hydrogen-bond donors (Lipinski definition) is 2. The summed E-state index contributed by atoms with van der Waals surface area (Å²) in [6.07, 6.45) is 1.00. The topological polar surface area (TPSA) is 84.5 Å². The van der Waals surface area contributed by atoms with Gasteiger partial charge >= 0.3 is 0 Å². The van der Waals surface area contributed by atoms with E-state index in [9.17, 15) is 13.2 Å². The molecule has 2 N–H and O–H groups in total. The molecule has 0 spiro atoms. The molecule has 0 atom stereocenters. The summed E-state index contributed by atoms with van der Waals surface area (Å²) in [5.41, 5.74) is 0.904. The van der Waals surface area contributed by atoms with E-state index in [1.807, 2.05) is 0 Å². The highest BCUT2D eigenvalue weighted by atomic mass is 35.5. The zero-order chi connectivity index (χ0) is 17.0. The lowest BCUT2D eigenvalue weighted by molar-refractivity contribution is 0.102. The normalized spacial score (nSPS) is 10.9. The molecule has 122 valence electrons. The number of benzene rings is 2.